The fourth-order valence-corrected chi connectivity index (χ4v) is 3.54. The van der Waals surface area contributed by atoms with Crippen molar-refractivity contribution < 1.29 is 13.9 Å². The molecule has 0 aliphatic heterocycles. The van der Waals surface area contributed by atoms with Crippen molar-refractivity contribution in [2.24, 2.45) is 0 Å². The van der Waals surface area contributed by atoms with Gasteiger partial charge >= 0.3 is 0 Å². The number of carbonyl (C=O) groups is 1. The predicted octanol–water partition coefficient (Wildman–Crippen LogP) is 4.53. The molecule has 3 heterocycles. The summed E-state index contributed by atoms with van der Waals surface area (Å²) in [7, 11) is 0. The highest BCUT2D eigenvalue weighted by molar-refractivity contribution is 6.04. The molecule has 2 aromatic carbocycles. The first-order chi connectivity index (χ1) is 17.1. The number of amides is 1. The van der Waals surface area contributed by atoms with Crippen LogP contribution in [0.5, 0.6) is 5.75 Å². The Bertz CT molecular complexity index is 1500. The molecule has 0 saturated heterocycles. The largest absolute Gasteiger partial charge is 0.494 e. The van der Waals surface area contributed by atoms with Crippen molar-refractivity contribution in [2.75, 3.05) is 11.9 Å². The molecule has 3 aromatic heterocycles. The lowest BCUT2D eigenvalue weighted by Gasteiger charge is -2.10. The van der Waals surface area contributed by atoms with Crippen LogP contribution in [0.2, 0.25) is 0 Å². The number of benzene rings is 2. The van der Waals surface area contributed by atoms with E-state index in [0.717, 1.165) is 5.56 Å². The molecule has 0 unspecified atom stereocenters. The first-order valence-corrected chi connectivity index (χ1v) is 11.0. The van der Waals surface area contributed by atoms with E-state index >= 15 is 0 Å². The maximum absolute atomic E-state index is 13.0. The van der Waals surface area contributed by atoms with E-state index in [1.807, 2.05) is 37.3 Å². The molecule has 0 spiro atoms. The van der Waals surface area contributed by atoms with Gasteiger partial charge in [0.25, 0.3) is 11.5 Å². The third-order valence-electron chi connectivity index (χ3n) is 5.15. The molecule has 0 aliphatic rings. The molecule has 9 heteroatoms. The van der Waals surface area contributed by atoms with Gasteiger partial charge in [-0.3, -0.25) is 14.6 Å². The van der Waals surface area contributed by atoms with Crippen molar-refractivity contribution in [2.45, 2.75) is 6.92 Å². The Balaban J connectivity index is 1.54. The van der Waals surface area contributed by atoms with Crippen molar-refractivity contribution in [3.63, 3.8) is 0 Å². The quantitative estimate of drug-likeness (QED) is 0.363. The van der Waals surface area contributed by atoms with Crippen LogP contribution in [0.15, 0.2) is 94.3 Å². The Morgan fingerprint density at radius 1 is 1.03 bits per heavy atom. The van der Waals surface area contributed by atoms with Crippen LogP contribution in [-0.2, 0) is 0 Å². The van der Waals surface area contributed by atoms with Crippen molar-refractivity contribution >= 4 is 11.7 Å². The fraction of sp³-hybridized carbons (Fsp3) is 0.0769. The van der Waals surface area contributed by atoms with E-state index in [0.29, 0.717) is 40.9 Å². The van der Waals surface area contributed by atoms with Gasteiger partial charge in [0.05, 0.1) is 18.6 Å². The third-order valence-corrected chi connectivity index (χ3v) is 5.15. The number of anilines is 1. The summed E-state index contributed by atoms with van der Waals surface area (Å²) >= 11 is 0. The molecule has 0 saturated carbocycles. The molecular weight excluding hydrogens is 446 g/mol. The van der Waals surface area contributed by atoms with Crippen LogP contribution in [0.1, 0.15) is 17.3 Å². The molecule has 174 valence electrons. The van der Waals surface area contributed by atoms with E-state index in [1.165, 1.54) is 17.0 Å². The summed E-state index contributed by atoms with van der Waals surface area (Å²) in [5.41, 5.74) is 1.79. The van der Waals surface area contributed by atoms with Crippen LogP contribution in [0, 0.1) is 0 Å². The first kappa shape index (κ1) is 21.9. The zero-order valence-corrected chi connectivity index (χ0v) is 18.8. The summed E-state index contributed by atoms with van der Waals surface area (Å²) in [4.78, 5) is 32.8. The number of aromatic nitrogens is 4. The van der Waals surface area contributed by atoms with Gasteiger partial charge in [-0.15, -0.1) is 0 Å². The molecular formula is C26H21N5O4. The lowest BCUT2D eigenvalue weighted by atomic mass is 10.1. The zero-order chi connectivity index (χ0) is 24.2. The molecule has 0 fully saturated rings. The zero-order valence-electron chi connectivity index (χ0n) is 18.8. The number of aromatic amines is 1. The van der Waals surface area contributed by atoms with Crippen LogP contribution < -0.4 is 15.6 Å². The van der Waals surface area contributed by atoms with Gasteiger partial charge in [-0.1, -0.05) is 30.3 Å². The summed E-state index contributed by atoms with van der Waals surface area (Å²) in [6.45, 7) is 2.43. The van der Waals surface area contributed by atoms with Gasteiger partial charge in [-0.2, -0.15) is 9.78 Å². The van der Waals surface area contributed by atoms with Crippen LogP contribution in [-0.4, -0.2) is 32.3 Å². The standard InChI is InChI=1S/C26H21N5O4/c1-2-34-19-12-10-18(11-13-19)25(33)28-23-15-21(22-9-6-14-35-22)30-31(23)26-27-20(16-24(32)29-26)17-7-4-3-5-8-17/h3-16H,2H2,1H3,(H,28,33)(H,27,29,32). The van der Waals surface area contributed by atoms with Gasteiger partial charge in [0.15, 0.2) is 5.76 Å². The van der Waals surface area contributed by atoms with E-state index in [9.17, 15) is 9.59 Å². The van der Waals surface area contributed by atoms with E-state index in [4.69, 9.17) is 9.15 Å². The second kappa shape index (κ2) is 9.52. The summed E-state index contributed by atoms with van der Waals surface area (Å²) in [6.07, 6.45) is 1.53. The highest BCUT2D eigenvalue weighted by atomic mass is 16.5. The Morgan fingerprint density at radius 3 is 2.54 bits per heavy atom. The molecule has 35 heavy (non-hydrogen) atoms. The molecule has 2 N–H and O–H groups in total. The molecule has 5 rings (SSSR count). The van der Waals surface area contributed by atoms with Crippen molar-refractivity contribution in [1.29, 1.82) is 0 Å². The van der Waals surface area contributed by atoms with Crippen molar-refractivity contribution in [3.8, 4) is 34.4 Å². The molecule has 9 nitrogen and oxygen atoms in total. The van der Waals surface area contributed by atoms with E-state index in [2.05, 4.69) is 20.4 Å². The minimum absolute atomic E-state index is 0.149. The van der Waals surface area contributed by atoms with Crippen LogP contribution in [0.25, 0.3) is 28.7 Å². The molecule has 0 aliphatic carbocycles. The maximum atomic E-state index is 13.0. The Labute approximate surface area is 200 Å². The Kier molecular flexibility index (Phi) is 5.96. The summed E-state index contributed by atoms with van der Waals surface area (Å²) < 4.78 is 12.3. The minimum Gasteiger partial charge on any atom is -0.494 e. The first-order valence-electron chi connectivity index (χ1n) is 11.0. The lowest BCUT2D eigenvalue weighted by molar-refractivity contribution is 0.102. The number of nitrogens with zero attached hydrogens (tertiary/aromatic N) is 3. The summed E-state index contributed by atoms with van der Waals surface area (Å²) in [6, 6.07) is 22.7. The van der Waals surface area contributed by atoms with Gasteiger partial charge in [0.2, 0.25) is 5.95 Å². The van der Waals surface area contributed by atoms with Crippen molar-refractivity contribution in [1.82, 2.24) is 19.7 Å². The fourth-order valence-electron chi connectivity index (χ4n) is 3.54. The number of ether oxygens (including phenoxy) is 1. The number of carbonyl (C=O) groups excluding carboxylic acids is 1. The second-order valence-electron chi connectivity index (χ2n) is 7.54. The smallest absolute Gasteiger partial charge is 0.256 e. The molecule has 5 aromatic rings. The molecule has 0 atom stereocenters. The number of nitrogens with one attached hydrogen (secondary N) is 2. The van der Waals surface area contributed by atoms with Gasteiger partial charge in [-0.25, -0.2) is 4.98 Å². The van der Waals surface area contributed by atoms with Gasteiger partial charge < -0.3 is 14.5 Å². The summed E-state index contributed by atoms with van der Waals surface area (Å²) in [5.74, 6) is 1.28. The molecule has 0 bridgehead atoms. The van der Waals surface area contributed by atoms with Gasteiger partial charge in [0, 0.05) is 23.3 Å². The monoisotopic (exact) mass is 467 g/mol. The number of hydrogen-bond donors (Lipinski definition) is 2. The number of rotatable bonds is 7. The van der Waals surface area contributed by atoms with Crippen molar-refractivity contribution in [3.05, 3.63) is 101 Å². The average molecular weight is 467 g/mol. The van der Waals surface area contributed by atoms with E-state index < -0.39 is 0 Å². The highest BCUT2D eigenvalue weighted by Crippen LogP contribution is 2.25. The second-order valence-corrected chi connectivity index (χ2v) is 7.54. The van der Waals surface area contributed by atoms with Crippen LogP contribution >= 0.6 is 0 Å². The molecule has 0 radical (unpaired) electrons. The number of H-pyrrole nitrogens is 1. The average Bonchev–Trinajstić information content (AvgIpc) is 3.55. The number of furan rings is 1. The number of hydrogen-bond acceptors (Lipinski definition) is 6. The highest BCUT2D eigenvalue weighted by Gasteiger charge is 2.18. The minimum atomic E-state index is -0.359. The Morgan fingerprint density at radius 2 is 1.83 bits per heavy atom. The van der Waals surface area contributed by atoms with Crippen LogP contribution in [0.3, 0.4) is 0 Å². The Hall–Kier alpha value is -4.92. The van der Waals surface area contributed by atoms with Gasteiger partial charge in [0.1, 0.15) is 17.3 Å². The normalized spacial score (nSPS) is 10.8. The summed E-state index contributed by atoms with van der Waals surface area (Å²) in [5, 5.41) is 7.39. The maximum Gasteiger partial charge on any atom is 0.256 e. The van der Waals surface area contributed by atoms with E-state index in [1.54, 1.807) is 42.5 Å². The third kappa shape index (κ3) is 4.74. The van der Waals surface area contributed by atoms with Gasteiger partial charge in [-0.05, 0) is 43.3 Å². The van der Waals surface area contributed by atoms with E-state index in [-0.39, 0.29) is 17.4 Å². The lowest BCUT2D eigenvalue weighted by Crippen LogP contribution is -2.18. The topological polar surface area (TPSA) is 115 Å². The molecule has 1 amide bonds. The van der Waals surface area contributed by atoms with Crippen LogP contribution in [0.4, 0.5) is 5.82 Å². The SMILES string of the molecule is CCOc1ccc(C(=O)Nc2cc(-c3ccco3)nn2-c2nc(-c3ccccc3)cc(=O)[nH]2)cc1. The predicted molar refractivity (Wildman–Crippen MR) is 131 cm³/mol.